The van der Waals surface area contributed by atoms with E-state index in [1.54, 1.807) is 6.20 Å². The Morgan fingerprint density at radius 1 is 1.21 bits per heavy atom. The van der Waals surface area contributed by atoms with Crippen LogP contribution in [-0.4, -0.2) is 34.8 Å². The topological polar surface area (TPSA) is 33.2 Å². The van der Waals surface area contributed by atoms with Crippen LogP contribution in [0.5, 0.6) is 0 Å². The van der Waals surface area contributed by atoms with E-state index in [2.05, 4.69) is 16.8 Å². The fourth-order valence-corrected chi connectivity index (χ4v) is 4.87. The molecule has 7 heteroatoms. The molecule has 0 amide bonds. The molecule has 0 N–H and O–H groups in total. The molecule has 2 aliphatic rings. The number of rotatable bonds is 4. The van der Waals surface area contributed by atoms with Gasteiger partial charge in [-0.05, 0) is 62.4 Å². The van der Waals surface area contributed by atoms with Crippen molar-refractivity contribution in [1.82, 2.24) is 9.88 Å². The molecule has 29 heavy (non-hydrogen) atoms. The number of alkyl halides is 3. The van der Waals surface area contributed by atoms with Gasteiger partial charge in [-0.1, -0.05) is 6.07 Å². The molecule has 3 nitrogen and oxygen atoms in total. The number of pyridine rings is 1. The summed E-state index contributed by atoms with van der Waals surface area (Å²) < 4.78 is 53.5. The molecule has 154 valence electrons. The molecule has 3 atom stereocenters. The van der Waals surface area contributed by atoms with Crippen LogP contribution in [0, 0.1) is 5.82 Å². The van der Waals surface area contributed by atoms with E-state index >= 15 is 0 Å². The summed E-state index contributed by atoms with van der Waals surface area (Å²) in [6, 6.07) is 2.55. The van der Waals surface area contributed by atoms with E-state index in [9.17, 15) is 22.4 Å². The lowest BCUT2D eigenvalue weighted by atomic mass is 9.87. The summed E-state index contributed by atoms with van der Waals surface area (Å²) in [5.74, 6) is -1.05. The van der Waals surface area contributed by atoms with Crippen molar-refractivity contribution in [2.24, 2.45) is 0 Å². The molecule has 4 rings (SSSR count). The summed E-state index contributed by atoms with van der Waals surface area (Å²) in [6.07, 6.45) is 3.09. The quantitative estimate of drug-likeness (QED) is 0.530. The van der Waals surface area contributed by atoms with Gasteiger partial charge in [-0.25, -0.2) is 4.39 Å². The van der Waals surface area contributed by atoms with Gasteiger partial charge in [0.1, 0.15) is 12.1 Å². The van der Waals surface area contributed by atoms with Crippen molar-refractivity contribution in [2.45, 2.75) is 56.8 Å². The smallest absolute Gasteiger partial charge is 0.302 e. The monoisotopic (exact) mass is 406 g/mol. The minimum absolute atomic E-state index is 0.0911. The van der Waals surface area contributed by atoms with E-state index < -0.39 is 17.6 Å². The van der Waals surface area contributed by atoms with Crippen molar-refractivity contribution >= 4 is 6.29 Å². The van der Waals surface area contributed by atoms with Gasteiger partial charge in [0.05, 0.1) is 11.6 Å². The Bertz CT molecular complexity index is 928. The standard InChI is InChI=1S/C22H22F4N2O/c1-13-3-2-8-28(13)20(12-29)17-6-4-14-10-27-11-18(21(14)17)16-7-5-15(9-19(16)23)22(24,25)26/h5,7,9-13,17,20H,2-4,6,8H2,1H3/t13-,17?,20?/m0/s1. The Morgan fingerprint density at radius 2 is 2.00 bits per heavy atom. The third-order valence-electron chi connectivity index (χ3n) is 6.29. The van der Waals surface area contributed by atoms with Gasteiger partial charge in [0.2, 0.25) is 0 Å². The molecule has 0 radical (unpaired) electrons. The number of aryl methyl sites for hydroxylation is 1. The Kier molecular flexibility index (Phi) is 5.19. The van der Waals surface area contributed by atoms with E-state index in [1.807, 2.05) is 0 Å². The normalized spacial score (nSPS) is 23.2. The molecule has 2 aromatic rings. The number of carbonyl (C=O) groups excluding carboxylic acids is 1. The zero-order valence-corrected chi connectivity index (χ0v) is 16.0. The number of benzene rings is 1. The number of fused-ring (bicyclic) bond motifs is 1. The lowest BCUT2D eigenvalue weighted by Gasteiger charge is -2.32. The molecular formula is C22H22F4N2O. The van der Waals surface area contributed by atoms with E-state index in [4.69, 9.17) is 0 Å². The highest BCUT2D eigenvalue weighted by atomic mass is 19.4. The van der Waals surface area contributed by atoms with Crippen molar-refractivity contribution in [3.63, 3.8) is 0 Å². The molecule has 0 bridgehead atoms. The predicted octanol–water partition coefficient (Wildman–Crippen LogP) is 4.99. The van der Waals surface area contributed by atoms with Gasteiger partial charge in [-0.2, -0.15) is 13.2 Å². The highest BCUT2D eigenvalue weighted by Crippen LogP contribution is 2.44. The van der Waals surface area contributed by atoms with Crippen molar-refractivity contribution in [3.05, 3.63) is 53.1 Å². The summed E-state index contributed by atoms with van der Waals surface area (Å²) in [5.41, 5.74) is 1.33. The summed E-state index contributed by atoms with van der Waals surface area (Å²) in [6.45, 7) is 2.94. The average Bonchev–Trinajstić information content (AvgIpc) is 3.29. The van der Waals surface area contributed by atoms with E-state index in [0.29, 0.717) is 17.7 Å². The minimum atomic E-state index is -4.60. The van der Waals surface area contributed by atoms with E-state index in [-0.39, 0.29) is 17.5 Å². The SMILES string of the molecule is C[C@H]1CCCN1C(C=O)C1CCc2cncc(-c3ccc(C(F)(F)F)cc3F)c21. The van der Waals surface area contributed by atoms with Crippen LogP contribution in [0.3, 0.4) is 0 Å². The second-order valence-electron chi connectivity index (χ2n) is 7.95. The maximum Gasteiger partial charge on any atom is 0.416 e. The fraction of sp³-hybridized carbons (Fsp3) is 0.455. The molecule has 0 saturated carbocycles. The first kappa shape index (κ1) is 20.0. The minimum Gasteiger partial charge on any atom is -0.302 e. The number of hydrogen-bond acceptors (Lipinski definition) is 3. The fourth-order valence-electron chi connectivity index (χ4n) is 4.87. The van der Waals surface area contributed by atoms with E-state index in [0.717, 1.165) is 55.7 Å². The zero-order chi connectivity index (χ0) is 20.8. The summed E-state index contributed by atoms with van der Waals surface area (Å²) in [7, 11) is 0. The summed E-state index contributed by atoms with van der Waals surface area (Å²) >= 11 is 0. The molecule has 2 heterocycles. The first-order chi connectivity index (χ1) is 13.8. The Labute approximate surface area is 166 Å². The predicted molar refractivity (Wildman–Crippen MR) is 101 cm³/mol. The van der Waals surface area contributed by atoms with Gasteiger partial charge >= 0.3 is 6.18 Å². The highest BCUT2D eigenvalue weighted by Gasteiger charge is 2.39. The third kappa shape index (κ3) is 3.56. The second-order valence-corrected chi connectivity index (χ2v) is 7.95. The number of aldehydes is 1. The van der Waals surface area contributed by atoms with Crippen molar-refractivity contribution in [2.75, 3.05) is 6.54 Å². The average molecular weight is 406 g/mol. The molecule has 1 aromatic heterocycles. The lowest BCUT2D eigenvalue weighted by Crippen LogP contribution is -2.42. The molecule has 1 aliphatic carbocycles. The second kappa shape index (κ2) is 7.52. The first-order valence-corrected chi connectivity index (χ1v) is 9.86. The Hall–Kier alpha value is -2.28. The van der Waals surface area contributed by atoms with Crippen LogP contribution < -0.4 is 0 Å². The Morgan fingerprint density at radius 3 is 2.62 bits per heavy atom. The van der Waals surface area contributed by atoms with Gasteiger partial charge in [0.15, 0.2) is 0 Å². The van der Waals surface area contributed by atoms with Crippen molar-refractivity contribution < 1.29 is 22.4 Å². The highest BCUT2D eigenvalue weighted by molar-refractivity contribution is 5.73. The van der Waals surface area contributed by atoms with Gasteiger partial charge in [0, 0.05) is 35.5 Å². The summed E-state index contributed by atoms with van der Waals surface area (Å²) in [4.78, 5) is 18.4. The molecule has 1 aromatic carbocycles. The number of halogens is 4. The molecule has 1 aliphatic heterocycles. The molecule has 1 saturated heterocycles. The van der Waals surface area contributed by atoms with Crippen LogP contribution in [0.1, 0.15) is 48.8 Å². The van der Waals surface area contributed by atoms with Crippen LogP contribution in [0.15, 0.2) is 30.6 Å². The molecule has 1 fully saturated rings. The zero-order valence-electron chi connectivity index (χ0n) is 16.0. The maximum absolute atomic E-state index is 14.7. The van der Waals surface area contributed by atoms with Crippen LogP contribution in [0.25, 0.3) is 11.1 Å². The van der Waals surface area contributed by atoms with Gasteiger partial charge < -0.3 is 4.79 Å². The van der Waals surface area contributed by atoms with Crippen LogP contribution in [0.4, 0.5) is 17.6 Å². The number of hydrogen-bond donors (Lipinski definition) is 0. The van der Waals surface area contributed by atoms with Crippen molar-refractivity contribution in [3.8, 4) is 11.1 Å². The first-order valence-electron chi connectivity index (χ1n) is 9.86. The maximum atomic E-state index is 14.7. The number of aromatic nitrogens is 1. The molecule has 0 spiro atoms. The third-order valence-corrected chi connectivity index (χ3v) is 6.29. The van der Waals surface area contributed by atoms with Gasteiger partial charge in [0.25, 0.3) is 0 Å². The van der Waals surface area contributed by atoms with Crippen LogP contribution >= 0.6 is 0 Å². The molecular weight excluding hydrogens is 384 g/mol. The van der Waals surface area contributed by atoms with Crippen LogP contribution in [0.2, 0.25) is 0 Å². The van der Waals surface area contributed by atoms with Crippen LogP contribution in [-0.2, 0) is 17.4 Å². The largest absolute Gasteiger partial charge is 0.416 e. The number of likely N-dealkylation sites (tertiary alicyclic amines) is 1. The van der Waals surface area contributed by atoms with E-state index in [1.165, 1.54) is 12.3 Å². The van der Waals surface area contributed by atoms with Gasteiger partial charge in [-0.15, -0.1) is 0 Å². The van der Waals surface area contributed by atoms with Crippen molar-refractivity contribution in [1.29, 1.82) is 0 Å². The van der Waals surface area contributed by atoms with Gasteiger partial charge in [-0.3, -0.25) is 9.88 Å². The Balaban J connectivity index is 1.77. The number of nitrogens with zero attached hydrogens (tertiary/aromatic N) is 2. The molecule has 2 unspecified atom stereocenters. The lowest BCUT2D eigenvalue weighted by molar-refractivity contribution is -0.137. The number of carbonyl (C=O) groups is 1. The summed E-state index contributed by atoms with van der Waals surface area (Å²) in [5, 5.41) is 0.